The fourth-order valence-corrected chi connectivity index (χ4v) is 0. The standard InChI is InChI=1S/C6H14/c1-5-6(2,3)4/h5H2,1-4H3/i5D. The van der Waals surface area contributed by atoms with Crippen molar-refractivity contribution >= 4 is 0 Å². The molecule has 1 atom stereocenters. The van der Waals surface area contributed by atoms with Crippen LogP contribution in [0.4, 0.5) is 0 Å². The van der Waals surface area contributed by atoms with Crippen molar-refractivity contribution in [1.82, 2.24) is 0 Å². The second-order valence-corrected chi connectivity index (χ2v) is 2.65. The van der Waals surface area contributed by atoms with E-state index >= 15 is 0 Å². The van der Waals surface area contributed by atoms with E-state index < -0.39 is 0 Å². The van der Waals surface area contributed by atoms with Crippen LogP contribution in [0.15, 0.2) is 0 Å². The fourth-order valence-electron chi connectivity index (χ4n) is 0. The maximum atomic E-state index is 7.23. The van der Waals surface area contributed by atoms with Crippen LogP contribution in [0.2, 0.25) is 0 Å². The highest BCUT2D eigenvalue weighted by Crippen LogP contribution is 2.16. The first-order valence-corrected chi connectivity index (χ1v) is 2.37. The van der Waals surface area contributed by atoms with Gasteiger partial charge < -0.3 is 0 Å². The number of hydrogen-bond acceptors (Lipinski definition) is 0. The molecular formula is C6H14. The van der Waals surface area contributed by atoms with Crippen molar-refractivity contribution < 1.29 is 1.37 Å². The molecule has 38 valence electrons. The van der Waals surface area contributed by atoms with Crippen LogP contribution in [-0.2, 0) is 0 Å². The molecule has 0 nitrogen and oxygen atoms in total. The molecule has 0 radical (unpaired) electrons. The second kappa shape index (κ2) is 1.63. The molecule has 0 saturated carbocycles. The van der Waals surface area contributed by atoms with Crippen molar-refractivity contribution in [1.29, 1.82) is 0 Å². The molecular weight excluding hydrogens is 72.1 g/mol. The zero-order chi connectivity index (χ0) is 6.08. The molecule has 0 rings (SSSR count). The van der Waals surface area contributed by atoms with Crippen molar-refractivity contribution in [2.45, 2.75) is 34.1 Å². The summed E-state index contributed by atoms with van der Waals surface area (Å²) in [5.41, 5.74) is 0.167. The maximum absolute atomic E-state index is 7.23. The molecule has 0 aromatic heterocycles. The Labute approximate surface area is 42.0 Å². The first-order chi connectivity index (χ1) is 2.94. The van der Waals surface area contributed by atoms with Gasteiger partial charge in [-0.3, -0.25) is 0 Å². The molecule has 0 heteroatoms. The third kappa shape index (κ3) is 4.00. The van der Waals surface area contributed by atoms with Crippen molar-refractivity contribution in [2.75, 3.05) is 0 Å². The van der Waals surface area contributed by atoms with Gasteiger partial charge in [0, 0.05) is 1.37 Å². The molecule has 0 saturated heterocycles. The summed E-state index contributed by atoms with van der Waals surface area (Å²) in [6.45, 7) is 8.14. The van der Waals surface area contributed by atoms with Crippen LogP contribution in [0.1, 0.15) is 35.5 Å². The van der Waals surface area contributed by atoms with Crippen LogP contribution in [0.5, 0.6) is 0 Å². The first kappa shape index (κ1) is 4.17. The van der Waals surface area contributed by atoms with E-state index in [1.165, 1.54) is 0 Å². The smallest absolute Gasteiger partial charge is 0.0269 e. The van der Waals surface area contributed by atoms with E-state index in [0.29, 0.717) is 0 Å². The summed E-state index contributed by atoms with van der Waals surface area (Å²) in [6.07, 6.45) is 0.0486. The molecule has 0 aromatic carbocycles. The minimum absolute atomic E-state index is 0.0486. The molecule has 0 aliphatic rings. The normalized spacial score (nSPS) is 19.7. The van der Waals surface area contributed by atoms with Crippen molar-refractivity contribution in [3.05, 3.63) is 0 Å². The molecule has 0 aliphatic carbocycles. The van der Waals surface area contributed by atoms with Crippen LogP contribution in [0, 0.1) is 5.41 Å². The molecule has 6 heavy (non-hydrogen) atoms. The van der Waals surface area contributed by atoms with E-state index in [1.807, 2.05) is 6.92 Å². The highest BCUT2D eigenvalue weighted by molar-refractivity contribution is 4.55. The SMILES string of the molecule is [2H]C(C)C(C)(C)C. The quantitative estimate of drug-likeness (QED) is 0.425. The summed E-state index contributed by atoms with van der Waals surface area (Å²) in [4.78, 5) is 0. The van der Waals surface area contributed by atoms with Crippen LogP contribution >= 0.6 is 0 Å². The van der Waals surface area contributed by atoms with E-state index in [0.717, 1.165) is 0 Å². The Morgan fingerprint density at radius 2 is 1.67 bits per heavy atom. The molecule has 0 aliphatic heterocycles. The number of rotatable bonds is 0. The zero-order valence-electron chi connectivity index (χ0n) is 6.08. The number of hydrogen-bond donors (Lipinski definition) is 0. The lowest BCUT2D eigenvalue weighted by atomic mass is 9.94. The van der Waals surface area contributed by atoms with Gasteiger partial charge in [0.15, 0.2) is 0 Å². The van der Waals surface area contributed by atoms with Crippen molar-refractivity contribution in [3.63, 3.8) is 0 Å². The Kier molecular flexibility index (Phi) is 1.13. The maximum Gasteiger partial charge on any atom is 0.0269 e. The third-order valence-electron chi connectivity index (χ3n) is 0.866. The third-order valence-corrected chi connectivity index (χ3v) is 0.866. The first-order valence-electron chi connectivity index (χ1n) is 2.94. The topological polar surface area (TPSA) is 0 Å². The summed E-state index contributed by atoms with van der Waals surface area (Å²) < 4.78 is 7.23. The summed E-state index contributed by atoms with van der Waals surface area (Å²) in [6, 6.07) is 0. The molecule has 0 amide bonds. The van der Waals surface area contributed by atoms with Gasteiger partial charge in [0.25, 0.3) is 0 Å². The summed E-state index contributed by atoms with van der Waals surface area (Å²) in [7, 11) is 0. The minimum Gasteiger partial charge on any atom is -0.0649 e. The van der Waals surface area contributed by atoms with E-state index in [9.17, 15) is 0 Å². The van der Waals surface area contributed by atoms with Gasteiger partial charge in [-0.2, -0.15) is 0 Å². The van der Waals surface area contributed by atoms with E-state index in [-0.39, 0.29) is 11.8 Å². The van der Waals surface area contributed by atoms with Gasteiger partial charge in [-0.15, -0.1) is 0 Å². The molecule has 0 N–H and O–H groups in total. The zero-order valence-corrected chi connectivity index (χ0v) is 5.08. The minimum atomic E-state index is 0.0486. The molecule has 1 unspecified atom stereocenters. The van der Waals surface area contributed by atoms with Gasteiger partial charge >= 0.3 is 0 Å². The van der Waals surface area contributed by atoms with Crippen LogP contribution in [0.3, 0.4) is 0 Å². The Balaban J connectivity index is 3.54. The average Bonchev–Trinajstić information content (AvgIpc) is 1.31. The predicted molar refractivity (Wildman–Crippen MR) is 29.7 cm³/mol. The summed E-state index contributed by atoms with van der Waals surface area (Å²) in [5.74, 6) is 0. The Morgan fingerprint density at radius 3 is 1.67 bits per heavy atom. The van der Waals surface area contributed by atoms with Gasteiger partial charge in [0.05, 0.1) is 0 Å². The van der Waals surface area contributed by atoms with Gasteiger partial charge in [0.1, 0.15) is 0 Å². The van der Waals surface area contributed by atoms with E-state index in [1.54, 1.807) is 0 Å². The monoisotopic (exact) mass is 87.1 g/mol. The van der Waals surface area contributed by atoms with E-state index in [2.05, 4.69) is 20.8 Å². The average molecular weight is 87.2 g/mol. The molecule has 0 fully saturated rings. The Hall–Kier alpha value is 0. The Bertz CT molecular complexity index is 49.7. The lowest BCUT2D eigenvalue weighted by Crippen LogP contribution is -2.00. The largest absolute Gasteiger partial charge is 0.0649 e. The molecule has 0 heterocycles. The van der Waals surface area contributed by atoms with E-state index in [4.69, 9.17) is 1.37 Å². The van der Waals surface area contributed by atoms with Gasteiger partial charge in [-0.1, -0.05) is 34.1 Å². The summed E-state index contributed by atoms with van der Waals surface area (Å²) >= 11 is 0. The van der Waals surface area contributed by atoms with Crippen molar-refractivity contribution in [3.8, 4) is 0 Å². The molecule has 0 bridgehead atoms. The highest BCUT2D eigenvalue weighted by atomic mass is 14.1. The van der Waals surface area contributed by atoms with Gasteiger partial charge in [-0.25, -0.2) is 0 Å². The lowest BCUT2D eigenvalue weighted by molar-refractivity contribution is 0.398. The van der Waals surface area contributed by atoms with Gasteiger partial charge in [-0.05, 0) is 5.41 Å². The van der Waals surface area contributed by atoms with Crippen LogP contribution in [-0.4, -0.2) is 0 Å². The fraction of sp³-hybridized carbons (Fsp3) is 1.00. The molecule has 0 aromatic rings. The van der Waals surface area contributed by atoms with Crippen molar-refractivity contribution in [2.24, 2.45) is 5.41 Å². The van der Waals surface area contributed by atoms with Crippen LogP contribution in [0.25, 0.3) is 0 Å². The van der Waals surface area contributed by atoms with Gasteiger partial charge in [0.2, 0.25) is 0 Å². The Morgan fingerprint density at radius 1 is 1.50 bits per heavy atom. The summed E-state index contributed by atoms with van der Waals surface area (Å²) in [5, 5.41) is 0. The predicted octanol–water partition coefficient (Wildman–Crippen LogP) is 2.44. The van der Waals surface area contributed by atoms with Crippen LogP contribution < -0.4 is 0 Å². The highest BCUT2D eigenvalue weighted by Gasteiger charge is 2.03. The molecule has 0 spiro atoms. The lowest BCUT2D eigenvalue weighted by Gasteiger charge is -2.12. The second-order valence-electron chi connectivity index (χ2n) is 2.65.